The van der Waals surface area contributed by atoms with E-state index in [0.29, 0.717) is 13.0 Å². The summed E-state index contributed by atoms with van der Waals surface area (Å²) in [6.07, 6.45) is -0.790. The van der Waals surface area contributed by atoms with Crippen LogP contribution in [0.25, 0.3) is 0 Å². The van der Waals surface area contributed by atoms with Crippen molar-refractivity contribution in [1.29, 1.82) is 0 Å². The molecular formula is C20H28O5Si. The number of fused-ring (bicyclic) bond motifs is 1. The monoisotopic (exact) mass is 376 g/mol. The Morgan fingerprint density at radius 1 is 1.12 bits per heavy atom. The maximum Gasteiger partial charge on any atom is 0.191 e. The minimum atomic E-state index is -1.62. The summed E-state index contributed by atoms with van der Waals surface area (Å²) in [6, 6.07) is 10.00. The van der Waals surface area contributed by atoms with Gasteiger partial charge in [-0.2, -0.15) is 0 Å². The van der Waals surface area contributed by atoms with Crippen LogP contribution >= 0.6 is 0 Å². The van der Waals surface area contributed by atoms with E-state index in [0.717, 1.165) is 5.56 Å². The van der Waals surface area contributed by atoms with Crippen LogP contribution in [-0.4, -0.2) is 43.7 Å². The molecule has 6 heteroatoms. The average molecular weight is 377 g/mol. The molecular weight excluding hydrogens is 348 g/mol. The number of carbonyl (C=O) groups excluding carboxylic acids is 1. The Balaban J connectivity index is 1.64. The quantitative estimate of drug-likeness (QED) is 0.753. The Labute approximate surface area is 156 Å². The highest BCUT2D eigenvalue weighted by Gasteiger charge is 2.74. The largest absolute Gasteiger partial charge is 0.367 e. The van der Waals surface area contributed by atoms with Crippen LogP contribution in [0.15, 0.2) is 30.3 Å². The van der Waals surface area contributed by atoms with Gasteiger partial charge in [-0.25, -0.2) is 0 Å². The number of carbonyl (C=O) groups is 1. The molecule has 3 aliphatic rings. The second-order valence-electron chi connectivity index (χ2n) is 9.14. The lowest BCUT2D eigenvalue weighted by Crippen LogP contribution is -2.67. The van der Waals surface area contributed by atoms with Crippen molar-refractivity contribution in [3.8, 4) is 0 Å². The molecule has 1 saturated carbocycles. The standard InChI is InChI=1S/C20H28O5Si/c1-19(2)23-16-17(22-12-13-9-7-6-8-10-13)20(25-18(16)24-19)14(21)11-15(20)26(3,4)5/h6-10,15-18H,11-12H2,1-5H3/t15?,16?,17?,18?,20-/m0/s1. The first kappa shape index (κ1) is 18.3. The molecule has 0 radical (unpaired) electrons. The summed E-state index contributed by atoms with van der Waals surface area (Å²) in [5, 5.41) is 0. The highest BCUT2D eigenvalue weighted by atomic mass is 28.3. The van der Waals surface area contributed by atoms with Gasteiger partial charge in [0, 0.05) is 6.42 Å². The van der Waals surface area contributed by atoms with Crippen molar-refractivity contribution in [2.45, 2.75) is 81.9 Å². The molecule has 2 aliphatic heterocycles. The summed E-state index contributed by atoms with van der Waals surface area (Å²) in [6.45, 7) is 11.0. The van der Waals surface area contributed by atoms with Gasteiger partial charge < -0.3 is 18.9 Å². The fourth-order valence-corrected chi connectivity index (χ4v) is 7.03. The maximum atomic E-state index is 12.8. The highest BCUT2D eigenvalue weighted by molar-refractivity contribution is 6.79. The van der Waals surface area contributed by atoms with Gasteiger partial charge in [0.15, 0.2) is 23.5 Å². The number of benzene rings is 1. The molecule has 4 unspecified atom stereocenters. The molecule has 2 saturated heterocycles. The Morgan fingerprint density at radius 3 is 2.42 bits per heavy atom. The van der Waals surface area contributed by atoms with Crippen LogP contribution in [0.2, 0.25) is 25.2 Å². The van der Waals surface area contributed by atoms with E-state index in [2.05, 4.69) is 19.6 Å². The molecule has 0 bridgehead atoms. The normalized spacial score (nSPS) is 38.4. The SMILES string of the molecule is CC1(C)OC2O[C@]3(C(=O)CC3[Si](C)(C)C)C(OCc3ccccc3)C2O1. The molecule has 3 fully saturated rings. The lowest BCUT2D eigenvalue weighted by molar-refractivity contribution is -0.251. The van der Waals surface area contributed by atoms with Crippen LogP contribution < -0.4 is 0 Å². The Morgan fingerprint density at radius 2 is 1.81 bits per heavy atom. The van der Waals surface area contributed by atoms with Gasteiger partial charge in [-0.15, -0.1) is 0 Å². The van der Waals surface area contributed by atoms with E-state index in [9.17, 15) is 4.79 Å². The predicted octanol–water partition coefficient (Wildman–Crippen LogP) is 3.50. The summed E-state index contributed by atoms with van der Waals surface area (Å²) >= 11 is 0. The Hall–Kier alpha value is -1.05. The molecule has 5 atom stereocenters. The Kier molecular flexibility index (Phi) is 4.21. The average Bonchev–Trinajstić information content (AvgIpc) is 3.01. The highest BCUT2D eigenvalue weighted by Crippen LogP contribution is 2.59. The summed E-state index contributed by atoms with van der Waals surface area (Å²) in [4.78, 5) is 12.8. The van der Waals surface area contributed by atoms with Gasteiger partial charge in [0.05, 0.1) is 14.7 Å². The summed E-state index contributed by atoms with van der Waals surface area (Å²) in [5.41, 5.74) is 0.371. The molecule has 1 aromatic carbocycles. The molecule has 1 aliphatic carbocycles. The van der Waals surface area contributed by atoms with Crippen LogP contribution in [0, 0.1) is 0 Å². The van der Waals surface area contributed by atoms with E-state index in [1.165, 1.54) is 0 Å². The van der Waals surface area contributed by atoms with Gasteiger partial charge in [0.25, 0.3) is 0 Å². The van der Waals surface area contributed by atoms with Gasteiger partial charge >= 0.3 is 0 Å². The van der Waals surface area contributed by atoms with E-state index in [-0.39, 0.29) is 17.4 Å². The van der Waals surface area contributed by atoms with Crippen LogP contribution in [0.5, 0.6) is 0 Å². The molecule has 1 spiro atoms. The number of Topliss-reactive ketones (excluding diaryl/α,β-unsaturated/α-hetero) is 1. The summed E-state index contributed by atoms with van der Waals surface area (Å²) in [7, 11) is -1.62. The fraction of sp³-hybridized carbons (Fsp3) is 0.650. The van der Waals surface area contributed by atoms with E-state index in [1.54, 1.807) is 0 Å². The first-order valence-corrected chi connectivity index (χ1v) is 12.9. The minimum absolute atomic E-state index is 0.127. The second kappa shape index (κ2) is 5.97. The molecule has 1 aromatic rings. The first-order chi connectivity index (χ1) is 12.1. The van der Waals surface area contributed by atoms with Gasteiger partial charge in [0.1, 0.15) is 12.2 Å². The molecule has 5 nitrogen and oxygen atoms in total. The third kappa shape index (κ3) is 2.79. The van der Waals surface area contributed by atoms with Crippen molar-refractivity contribution in [2.75, 3.05) is 0 Å². The number of rotatable bonds is 4. The van der Waals surface area contributed by atoms with Gasteiger partial charge in [-0.3, -0.25) is 4.79 Å². The molecule has 142 valence electrons. The molecule has 0 amide bonds. The third-order valence-electron chi connectivity index (χ3n) is 5.78. The number of ether oxygens (including phenoxy) is 4. The van der Waals surface area contributed by atoms with Gasteiger partial charge in [0.2, 0.25) is 0 Å². The number of hydrogen-bond acceptors (Lipinski definition) is 5. The molecule has 0 aromatic heterocycles. The van der Waals surface area contributed by atoms with Crippen molar-refractivity contribution >= 4 is 13.9 Å². The van der Waals surface area contributed by atoms with Gasteiger partial charge in [-0.05, 0) is 25.0 Å². The lowest BCUT2D eigenvalue weighted by Gasteiger charge is -2.53. The second-order valence-corrected chi connectivity index (χ2v) is 14.6. The Bertz CT molecular complexity index is 698. The minimum Gasteiger partial charge on any atom is -0.367 e. The van der Waals surface area contributed by atoms with Crippen LogP contribution in [0.3, 0.4) is 0 Å². The maximum absolute atomic E-state index is 12.8. The molecule has 4 rings (SSSR count). The van der Waals surface area contributed by atoms with Crippen molar-refractivity contribution in [1.82, 2.24) is 0 Å². The molecule has 0 N–H and O–H groups in total. The topological polar surface area (TPSA) is 54.0 Å². The van der Waals surface area contributed by atoms with Crippen molar-refractivity contribution in [3.05, 3.63) is 35.9 Å². The van der Waals surface area contributed by atoms with Crippen LogP contribution in [0.4, 0.5) is 0 Å². The van der Waals surface area contributed by atoms with Crippen LogP contribution in [-0.2, 0) is 30.3 Å². The van der Waals surface area contributed by atoms with Crippen LogP contribution in [0.1, 0.15) is 25.8 Å². The zero-order valence-corrected chi connectivity index (χ0v) is 17.2. The van der Waals surface area contributed by atoms with E-state index < -0.39 is 31.9 Å². The summed E-state index contributed by atoms with van der Waals surface area (Å²) < 4.78 is 24.7. The van der Waals surface area contributed by atoms with E-state index in [4.69, 9.17) is 18.9 Å². The number of hydrogen-bond donors (Lipinski definition) is 0. The zero-order chi connectivity index (χ0) is 18.7. The molecule has 2 heterocycles. The van der Waals surface area contributed by atoms with Gasteiger partial charge in [-0.1, -0.05) is 50.0 Å². The van der Waals surface area contributed by atoms with Crippen molar-refractivity contribution in [3.63, 3.8) is 0 Å². The third-order valence-corrected chi connectivity index (χ3v) is 8.50. The van der Waals surface area contributed by atoms with Crippen molar-refractivity contribution < 1.29 is 23.7 Å². The smallest absolute Gasteiger partial charge is 0.191 e. The lowest BCUT2D eigenvalue weighted by atomic mass is 9.73. The molecule has 26 heavy (non-hydrogen) atoms. The number of ketones is 1. The summed E-state index contributed by atoms with van der Waals surface area (Å²) in [5.74, 6) is -0.602. The first-order valence-electron chi connectivity index (χ1n) is 9.36. The van der Waals surface area contributed by atoms with Crippen molar-refractivity contribution in [2.24, 2.45) is 0 Å². The van der Waals surface area contributed by atoms with E-state index >= 15 is 0 Å². The predicted molar refractivity (Wildman–Crippen MR) is 99.4 cm³/mol. The zero-order valence-electron chi connectivity index (χ0n) is 16.2. The van der Waals surface area contributed by atoms with E-state index in [1.807, 2.05) is 44.2 Å². The fourth-order valence-electron chi connectivity index (χ4n) is 4.55.